The van der Waals surface area contributed by atoms with E-state index < -0.39 is 32.5 Å². The molecule has 2 unspecified atom stereocenters. The summed E-state index contributed by atoms with van der Waals surface area (Å²) in [4.78, 5) is 42.8. The van der Waals surface area contributed by atoms with E-state index in [0.717, 1.165) is 50.4 Å². The summed E-state index contributed by atoms with van der Waals surface area (Å²) in [5, 5.41) is 0. The fourth-order valence-electron chi connectivity index (χ4n) is 6.27. The lowest BCUT2D eigenvalue weighted by atomic mass is 9.99. The number of ether oxygens (including phenoxy) is 2. The molecule has 0 spiro atoms. The number of phosphoric ester groups is 1. The van der Waals surface area contributed by atoms with Gasteiger partial charge < -0.3 is 19.3 Å². The Labute approximate surface area is 308 Å². The number of rotatable bonds is 38. The highest BCUT2D eigenvalue weighted by Gasteiger charge is 2.23. The number of hydrogen-bond donors (Lipinski definition) is 2. The van der Waals surface area contributed by atoms with Gasteiger partial charge in [-0.2, -0.15) is 0 Å². The van der Waals surface area contributed by atoms with E-state index in [1.54, 1.807) is 0 Å². The molecule has 0 aromatic heterocycles. The second-order valence-electron chi connectivity index (χ2n) is 15.2. The molecule has 8 nitrogen and oxygen atoms in total. The van der Waals surface area contributed by atoms with Crippen molar-refractivity contribution in [1.82, 2.24) is 0 Å². The van der Waals surface area contributed by atoms with Gasteiger partial charge >= 0.3 is 19.8 Å². The van der Waals surface area contributed by atoms with Crippen LogP contribution in [0.3, 0.4) is 0 Å². The molecule has 3 atom stereocenters. The van der Waals surface area contributed by atoms with E-state index >= 15 is 0 Å². The summed E-state index contributed by atoms with van der Waals surface area (Å²) in [6.07, 6.45) is 33.9. The van der Waals surface area contributed by atoms with Crippen LogP contribution in [0.25, 0.3) is 0 Å². The first kappa shape index (κ1) is 49.0. The molecule has 0 aliphatic rings. The van der Waals surface area contributed by atoms with Gasteiger partial charge in [0.1, 0.15) is 6.61 Å². The third kappa shape index (κ3) is 36.8. The Morgan fingerprint density at radius 2 is 0.820 bits per heavy atom. The van der Waals surface area contributed by atoms with E-state index in [9.17, 15) is 14.2 Å². The van der Waals surface area contributed by atoms with E-state index in [4.69, 9.17) is 19.3 Å². The number of phosphoric acid groups is 1. The molecule has 2 N–H and O–H groups in total. The van der Waals surface area contributed by atoms with Gasteiger partial charge in [0.2, 0.25) is 0 Å². The Balaban J connectivity index is 3.87. The monoisotopic (exact) mass is 733 g/mol. The smallest absolute Gasteiger partial charge is 0.462 e. The average molecular weight is 733 g/mol. The summed E-state index contributed by atoms with van der Waals surface area (Å²) in [6, 6.07) is 0. The van der Waals surface area contributed by atoms with Crippen molar-refractivity contribution in [1.29, 1.82) is 0 Å². The Morgan fingerprint density at radius 3 is 1.16 bits per heavy atom. The lowest BCUT2D eigenvalue weighted by molar-refractivity contribution is -0.161. The van der Waals surface area contributed by atoms with Crippen LogP contribution in [-0.4, -0.2) is 41.0 Å². The molecule has 0 aromatic rings. The molecule has 9 heteroatoms. The minimum atomic E-state index is -4.75. The van der Waals surface area contributed by atoms with Crippen LogP contribution in [0.4, 0.5) is 0 Å². The Bertz CT molecular complexity index is 816. The van der Waals surface area contributed by atoms with Gasteiger partial charge in [-0.1, -0.05) is 195 Å². The molecule has 0 saturated heterocycles. The van der Waals surface area contributed by atoms with Gasteiger partial charge in [0, 0.05) is 12.8 Å². The van der Waals surface area contributed by atoms with Crippen molar-refractivity contribution < 1.29 is 37.9 Å². The highest BCUT2D eigenvalue weighted by molar-refractivity contribution is 7.46. The average Bonchev–Trinajstić information content (AvgIpc) is 3.08. The summed E-state index contributed by atoms with van der Waals surface area (Å²) < 4.78 is 26.4. The number of hydrogen-bond acceptors (Lipinski definition) is 6. The summed E-state index contributed by atoms with van der Waals surface area (Å²) in [5.74, 6) is 0.862. The number of carbonyl (C=O) groups is 2. The molecule has 0 aliphatic carbocycles. The van der Waals surface area contributed by atoms with Crippen LogP contribution < -0.4 is 0 Å². The molecular formula is C41H81O8P. The standard InChI is InChI=1S/C41H81O8P/c1-5-37(3)31-27-23-19-15-11-9-7-8-10-12-17-21-25-29-33-40(42)47-35-39(36-48-50(44,45)46)49-41(43)34-30-26-22-18-14-13-16-20-24-28-32-38(4)6-2/h37-39H,5-36H2,1-4H3,(H2,44,45,46)/t37?,38?,39-/m1/s1. The van der Waals surface area contributed by atoms with Crippen molar-refractivity contribution in [3.63, 3.8) is 0 Å². The second kappa shape index (κ2) is 35.1. The third-order valence-corrected chi connectivity index (χ3v) is 10.7. The molecule has 0 rings (SSSR count). The summed E-state index contributed by atoms with van der Waals surface area (Å²) in [6.45, 7) is 8.43. The van der Waals surface area contributed by atoms with E-state index in [2.05, 4.69) is 32.2 Å². The van der Waals surface area contributed by atoms with Gasteiger partial charge in [-0.05, 0) is 24.7 Å². The molecule has 0 bridgehead atoms. The van der Waals surface area contributed by atoms with Gasteiger partial charge in [0.25, 0.3) is 0 Å². The highest BCUT2D eigenvalue weighted by Crippen LogP contribution is 2.36. The Hall–Kier alpha value is -0.950. The first-order valence-corrected chi connectivity index (χ1v) is 22.7. The van der Waals surface area contributed by atoms with Crippen LogP contribution in [0.1, 0.15) is 220 Å². The third-order valence-electron chi connectivity index (χ3n) is 10.2. The highest BCUT2D eigenvalue weighted by atomic mass is 31.2. The number of carbonyl (C=O) groups excluding carboxylic acids is 2. The maximum Gasteiger partial charge on any atom is 0.469 e. The van der Waals surface area contributed by atoms with Crippen LogP contribution in [0.15, 0.2) is 0 Å². The van der Waals surface area contributed by atoms with Crippen molar-refractivity contribution in [3.05, 3.63) is 0 Å². The lowest BCUT2D eigenvalue weighted by Crippen LogP contribution is -2.29. The quantitative estimate of drug-likeness (QED) is 0.0366. The zero-order chi connectivity index (χ0) is 37.1. The van der Waals surface area contributed by atoms with Gasteiger partial charge in [-0.3, -0.25) is 14.1 Å². The fraction of sp³-hybridized carbons (Fsp3) is 0.951. The molecular weight excluding hydrogens is 651 g/mol. The van der Waals surface area contributed by atoms with Gasteiger partial charge in [-0.15, -0.1) is 0 Å². The zero-order valence-corrected chi connectivity index (χ0v) is 34.0. The molecule has 0 aromatic carbocycles. The van der Waals surface area contributed by atoms with Crippen LogP contribution in [0, 0.1) is 11.8 Å². The van der Waals surface area contributed by atoms with Gasteiger partial charge in [0.15, 0.2) is 6.10 Å². The minimum absolute atomic E-state index is 0.218. The molecule has 0 fully saturated rings. The van der Waals surface area contributed by atoms with Crippen LogP contribution in [0.2, 0.25) is 0 Å². The van der Waals surface area contributed by atoms with Crippen molar-refractivity contribution in [2.75, 3.05) is 13.2 Å². The maximum atomic E-state index is 12.4. The minimum Gasteiger partial charge on any atom is -0.462 e. The van der Waals surface area contributed by atoms with E-state index in [-0.39, 0.29) is 19.4 Å². The molecule has 0 amide bonds. The van der Waals surface area contributed by atoms with E-state index in [1.807, 2.05) is 0 Å². The zero-order valence-electron chi connectivity index (χ0n) is 33.2. The van der Waals surface area contributed by atoms with Crippen LogP contribution >= 0.6 is 7.82 Å². The van der Waals surface area contributed by atoms with E-state index in [1.165, 1.54) is 135 Å². The number of unbranched alkanes of at least 4 members (excludes halogenated alkanes) is 22. The van der Waals surface area contributed by atoms with Crippen molar-refractivity contribution in [2.45, 2.75) is 226 Å². The van der Waals surface area contributed by atoms with Gasteiger partial charge in [0.05, 0.1) is 6.61 Å². The molecule has 0 saturated carbocycles. The number of esters is 2. The normalized spacial score (nSPS) is 13.6. The largest absolute Gasteiger partial charge is 0.469 e. The maximum absolute atomic E-state index is 12.4. The SMILES string of the molecule is CCC(C)CCCCCCCCCCCCCCCCC(=O)OC[C@H](COP(=O)(O)O)OC(=O)CCCCCCCCCCCCC(C)CC. The first-order valence-electron chi connectivity index (χ1n) is 21.1. The lowest BCUT2D eigenvalue weighted by Gasteiger charge is -2.18. The summed E-state index contributed by atoms with van der Waals surface area (Å²) in [5.41, 5.74) is 0. The van der Waals surface area contributed by atoms with Gasteiger partial charge in [-0.25, -0.2) is 4.57 Å². The molecule has 0 heterocycles. The van der Waals surface area contributed by atoms with Crippen LogP contribution in [-0.2, 0) is 28.2 Å². The summed E-state index contributed by atoms with van der Waals surface area (Å²) >= 11 is 0. The van der Waals surface area contributed by atoms with E-state index in [0.29, 0.717) is 6.42 Å². The predicted octanol–water partition coefficient (Wildman–Crippen LogP) is 12.6. The Morgan fingerprint density at radius 1 is 0.500 bits per heavy atom. The van der Waals surface area contributed by atoms with Crippen LogP contribution in [0.5, 0.6) is 0 Å². The second-order valence-corrected chi connectivity index (χ2v) is 16.4. The molecule has 50 heavy (non-hydrogen) atoms. The molecule has 0 radical (unpaired) electrons. The first-order chi connectivity index (χ1) is 24.1. The summed E-state index contributed by atoms with van der Waals surface area (Å²) in [7, 11) is -4.75. The molecule has 0 aliphatic heterocycles. The fourth-order valence-corrected chi connectivity index (χ4v) is 6.63. The van der Waals surface area contributed by atoms with Crippen molar-refractivity contribution >= 4 is 19.8 Å². The van der Waals surface area contributed by atoms with Crippen molar-refractivity contribution in [2.24, 2.45) is 11.8 Å². The molecule has 298 valence electrons. The topological polar surface area (TPSA) is 119 Å². The predicted molar refractivity (Wildman–Crippen MR) is 207 cm³/mol. The Kier molecular flexibility index (Phi) is 34.4. The van der Waals surface area contributed by atoms with Crippen molar-refractivity contribution in [3.8, 4) is 0 Å².